The molecule has 1 aromatic carbocycles. The van der Waals surface area contributed by atoms with Crippen molar-refractivity contribution in [1.82, 2.24) is 19.4 Å². The van der Waals surface area contributed by atoms with E-state index in [0.29, 0.717) is 5.92 Å². The second kappa shape index (κ2) is 8.87. The lowest BCUT2D eigenvalue weighted by atomic mass is 10.1. The van der Waals surface area contributed by atoms with E-state index in [9.17, 15) is 26.4 Å². The Hall–Kier alpha value is -2.60. The average molecular weight is 460 g/mol. The molecule has 12 heteroatoms. The second-order valence-corrected chi connectivity index (χ2v) is 9.53. The van der Waals surface area contributed by atoms with E-state index in [1.54, 1.807) is 6.07 Å². The van der Waals surface area contributed by atoms with Gasteiger partial charge < -0.3 is 9.64 Å². The molecule has 8 nitrogen and oxygen atoms in total. The molecular formula is C19H23F3N4O4S. The highest BCUT2D eigenvalue weighted by atomic mass is 32.2. The molecule has 31 heavy (non-hydrogen) atoms. The molecule has 3 rings (SSSR count). The number of carbonyl (C=O) groups excluding carboxylic acids is 1. The summed E-state index contributed by atoms with van der Waals surface area (Å²) in [6.45, 7) is 4.60. The molecule has 1 aliphatic heterocycles. The molecule has 0 unspecified atom stereocenters. The Morgan fingerprint density at radius 2 is 1.77 bits per heavy atom. The van der Waals surface area contributed by atoms with Gasteiger partial charge in [-0.15, -0.1) is 13.2 Å². The van der Waals surface area contributed by atoms with E-state index in [2.05, 4.69) is 28.8 Å². The van der Waals surface area contributed by atoms with E-state index < -0.39 is 22.1 Å². The number of sulfonamides is 1. The number of amides is 1. The van der Waals surface area contributed by atoms with Crippen LogP contribution in [0.3, 0.4) is 0 Å². The summed E-state index contributed by atoms with van der Waals surface area (Å²) in [6, 6.07) is 5.73. The maximum Gasteiger partial charge on any atom is 0.573 e. The zero-order valence-electron chi connectivity index (χ0n) is 17.0. The van der Waals surface area contributed by atoms with Gasteiger partial charge in [-0.2, -0.15) is 9.40 Å². The Bertz CT molecular complexity index is 1010. The maximum atomic E-state index is 12.8. The zero-order chi connectivity index (χ0) is 22.8. The smallest absolute Gasteiger partial charge is 0.406 e. The minimum atomic E-state index is -4.85. The highest BCUT2D eigenvalue weighted by Crippen LogP contribution is 2.25. The van der Waals surface area contributed by atoms with E-state index in [1.165, 1.54) is 9.21 Å². The molecule has 0 saturated carbocycles. The third kappa shape index (κ3) is 5.76. The molecule has 1 saturated heterocycles. The lowest BCUT2D eigenvalue weighted by Crippen LogP contribution is -2.50. The maximum absolute atomic E-state index is 12.8. The minimum absolute atomic E-state index is 0.0676. The highest BCUT2D eigenvalue weighted by Gasteiger charge is 2.33. The monoisotopic (exact) mass is 460 g/mol. The van der Waals surface area contributed by atoms with E-state index in [1.807, 2.05) is 0 Å². The van der Waals surface area contributed by atoms with Crippen molar-refractivity contribution in [3.63, 3.8) is 0 Å². The second-order valence-electron chi connectivity index (χ2n) is 7.59. The quantitative estimate of drug-likeness (QED) is 0.715. The Balaban J connectivity index is 1.61. The van der Waals surface area contributed by atoms with Gasteiger partial charge in [0.2, 0.25) is 10.0 Å². The number of benzene rings is 1. The van der Waals surface area contributed by atoms with Gasteiger partial charge in [-0.1, -0.05) is 13.8 Å². The third-order valence-electron chi connectivity index (χ3n) is 4.70. The molecule has 170 valence electrons. The third-order valence-corrected chi connectivity index (χ3v) is 6.61. The van der Waals surface area contributed by atoms with Gasteiger partial charge in [0, 0.05) is 31.9 Å². The fourth-order valence-electron chi connectivity index (χ4n) is 3.27. The van der Waals surface area contributed by atoms with Gasteiger partial charge in [-0.3, -0.25) is 9.89 Å². The van der Waals surface area contributed by atoms with Gasteiger partial charge >= 0.3 is 6.36 Å². The summed E-state index contributed by atoms with van der Waals surface area (Å²) in [4.78, 5) is 14.0. The van der Waals surface area contributed by atoms with E-state index in [0.717, 1.165) is 36.4 Å². The van der Waals surface area contributed by atoms with Gasteiger partial charge in [0.15, 0.2) is 0 Å². The van der Waals surface area contributed by atoms with Crippen LogP contribution in [0.4, 0.5) is 13.2 Å². The number of aromatic amines is 1. The number of aromatic nitrogens is 2. The fraction of sp³-hybridized carbons (Fsp3) is 0.474. The molecule has 1 fully saturated rings. The number of H-pyrrole nitrogens is 1. The number of nitrogens with zero attached hydrogens (tertiary/aromatic N) is 3. The van der Waals surface area contributed by atoms with Gasteiger partial charge in [0.1, 0.15) is 11.4 Å². The van der Waals surface area contributed by atoms with Crippen LogP contribution in [-0.4, -0.2) is 66.3 Å². The lowest BCUT2D eigenvalue weighted by molar-refractivity contribution is -0.274. The first kappa shape index (κ1) is 23.1. The van der Waals surface area contributed by atoms with Crippen molar-refractivity contribution in [2.24, 2.45) is 5.92 Å². The number of alkyl halides is 3. The molecule has 1 amide bonds. The predicted molar refractivity (Wildman–Crippen MR) is 105 cm³/mol. The molecule has 0 bridgehead atoms. The summed E-state index contributed by atoms with van der Waals surface area (Å²) in [5.41, 5.74) is 1.14. The van der Waals surface area contributed by atoms with E-state index in [4.69, 9.17) is 0 Å². The van der Waals surface area contributed by atoms with Crippen LogP contribution in [0.25, 0.3) is 0 Å². The summed E-state index contributed by atoms with van der Waals surface area (Å²) in [6.07, 6.45) is -4.09. The van der Waals surface area contributed by atoms with Crippen LogP contribution in [0.1, 0.15) is 30.0 Å². The van der Waals surface area contributed by atoms with Crippen LogP contribution < -0.4 is 4.74 Å². The minimum Gasteiger partial charge on any atom is -0.406 e. The average Bonchev–Trinajstić information content (AvgIpc) is 3.14. The standard InChI is InChI=1S/C19H23F3N4O4S/c1-13(2)11-14-12-17(24-23-14)18(27)25-7-9-26(10-8-25)31(28,29)16-5-3-15(4-6-16)30-19(20,21)22/h3-6,12-13H,7-11H2,1-2H3,(H,23,24). The number of nitrogens with one attached hydrogen (secondary N) is 1. The molecule has 2 heterocycles. The summed E-state index contributed by atoms with van der Waals surface area (Å²) in [5.74, 6) is -0.374. The normalized spacial score (nSPS) is 16.0. The predicted octanol–water partition coefficient (Wildman–Crippen LogP) is 2.65. The molecule has 1 aliphatic rings. The van der Waals surface area contributed by atoms with Crippen LogP contribution >= 0.6 is 0 Å². The van der Waals surface area contributed by atoms with E-state index >= 15 is 0 Å². The fourth-order valence-corrected chi connectivity index (χ4v) is 4.69. The molecule has 1 aromatic heterocycles. The van der Waals surface area contributed by atoms with Crippen LogP contribution in [-0.2, 0) is 16.4 Å². The number of ether oxygens (including phenoxy) is 1. The van der Waals surface area contributed by atoms with Crippen molar-refractivity contribution < 1.29 is 31.1 Å². The Kier molecular flexibility index (Phi) is 6.60. The first-order valence-electron chi connectivity index (χ1n) is 9.65. The van der Waals surface area contributed by atoms with Crippen molar-refractivity contribution in [3.8, 4) is 5.75 Å². The highest BCUT2D eigenvalue weighted by molar-refractivity contribution is 7.89. The number of piperazine rings is 1. The number of carbonyl (C=O) groups is 1. The number of halogens is 3. The molecular weight excluding hydrogens is 437 g/mol. The molecule has 1 N–H and O–H groups in total. The van der Waals surface area contributed by atoms with Gasteiger partial charge in [0.25, 0.3) is 5.91 Å². The van der Waals surface area contributed by atoms with Crippen molar-refractivity contribution in [2.45, 2.75) is 31.5 Å². The summed E-state index contributed by atoms with van der Waals surface area (Å²) >= 11 is 0. The van der Waals surface area contributed by atoms with Crippen LogP contribution in [0, 0.1) is 5.92 Å². The van der Waals surface area contributed by atoms with Crippen molar-refractivity contribution in [1.29, 1.82) is 0 Å². The summed E-state index contributed by atoms with van der Waals surface area (Å²) in [7, 11) is -3.91. The largest absolute Gasteiger partial charge is 0.573 e. The SMILES string of the molecule is CC(C)Cc1cc(C(=O)N2CCN(S(=O)(=O)c3ccc(OC(F)(F)F)cc3)CC2)n[nH]1. The summed E-state index contributed by atoms with van der Waals surface area (Å²) in [5, 5.41) is 6.90. The molecule has 2 aromatic rings. The zero-order valence-corrected chi connectivity index (χ0v) is 17.8. The Labute approximate surface area is 178 Å². The van der Waals surface area contributed by atoms with E-state index in [-0.39, 0.29) is 42.7 Å². The Morgan fingerprint density at radius 1 is 1.16 bits per heavy atom. The lowest BCUT2D eigenvalue weighted by Gasteiger charge is -2.33. The number of hydrogen-bond acceptors (Lipinski definition) is 5. The van der Waals surface area contributed by atoms with Crippen molar-refractivity contribution in [3.05, 3.63) is 41.7 Å². The van der Waals surface area contributed by atoms with Crippen molar-refractivity contribution >= 4 is 15.9 Å². The van der Waals surface area contributed by atoms with Crippen molar-refractivity contribution in [2.75, 3.05) is 26.2 Å². The molecule has 0 radical (unpaired) electrons. The van der Waals surface area contributed by atoms with Gasteiger partial charge in [-0.25, -0.2) is 8.42 Å². The van der Waals surface area contributed by atoms with Crippen LogP contribution in [0.2, 0.25) is 0 Å². The molecule has 0 aliphatic carbocycles. The van der Waals surface area contributed by atoms with Crippen LogP contribution in [0.5, 0.6) is 5.75 Å². The molecule has 0 atom stereocenters. The van der Waals surface area contributed by atoms with Crippen LogP contribution in [0.15, 0.2) is 35.2 Å². The number of rotatable bonds is 6. The number of hydrogen-bond donors (Lipinski definition) is 1. The topological polar surface area (TPSA) is 95.6 Å². The first-order chi connectivity index (χ1) is 14.5. The first-order valence-corrected chi connectivity index (χ1v) is 11.1. The van der Waals surface area contributed by atoms with Gasteiger partial charge in [-0.05, 0) is 42.7 Å². The van der Waals surface area contributed by atoms with Gasteiger partial charge in [0.05, 0.1) is 4.90 Å². The molecule has 0 spiro atoms. The Morgan fingerprint density at radius 3 is 2.32 bits per heavy atom. The summed E-state index contributed by atoms with van der Waals surface area (Å²) < 4.78 is 67.3.